The molecule has 2 heterocycles. The van der Waals surface area contributed by atoms with E-state index in [1.165, 1.54) is 0 Å². The van der Waals surface area contributed by atoms with E-state index in [0.717, 1.165) is 24.2 Å². The van der Waals surface area contributed by atoms with Gasteiger partial charge in [-0.1, -0.05) is 6.07 Å². The second-order valence-corrected chi connectivity index (χ2v) is 5.31. The molecule has 6 heteroatoms. The van der Waals surface area contributed by atoms with Crippen molar-refractivity contribution in [2.75, 3.05) is 44.3 Å². The molecule has 21 heavy (non-hydrogen) atoms. The summed E-state index contributed by atoms with van der Waals surface area (Å²) in [5, 5.41) is 9.08. The Morgan fingerprint density at radius 1 is 1.19 bits per heavy atom. The van der Waals surface area contributed by atoms with Crippen LogP contribution in [0, 0.1) is 0 Å². The zero-order valence-corrected chi connectivity index (χ0v) is 11.7. The minimum atomic E-state index is -0.941. The molecule has 2 aliphatic heterocycles. The monoisotopic (exact) mass is 290 g/mol. The minimum Gasteiger partial charge on any atom is -0.478 e. The molecule has 112 valence electrons. The summed E-state index contributed by atoms with van der Waals surface area (Å²) in [6.07, 6.45) is 0.853. The fourth-order valence-electron chi connectivity index (χ4n) is 2.82. The van der Waals surface area contributed by atoms with Gasteiger partial charge < -0.3 is 19.6 Å². The molecular weight excluding hydrogens is 272 g/mol. The third-order valence-electron chi connectivity index (χ3n) is 4.01. The van der Waals surface area contributed by atoms with Crippen LogP contribution >= 0.6 is 0 Å². The van der Waals surface area contributed by atoms with Gasteiger partial charge in [-0.15, -0.1) is 0 Å². The predicted molar refractivity (Wildman–Crippen MR) is 76.7 cm³/mol. The molecule has 0 atom stereocenters. The highest BCUT2D eigenvalue weighted by atomic mass is 16.5. The highest BCUT2D eigenvalue weighted by Gasteiger charge is 2.25. The van der Waals surface area contributed by atoms with Gasteiger partial charge in [-0.3, -0.25) is 4.79 Å². The smallest absolute Gasteiger partial charge is 0.335 e. The van der Waals surface area contributed by atoms with Crippen LogP contribution in [0.25, 0.3) is 0 Å². The Morgan fingerprint density at radius 2 is 1.95 bits per heavy atom. The number of fused-ring (bicyclic) bond motifs is 1. The van der Waals surface area contributed by atoms with E-state index in [4.69, 9.17) is 9.84 Å². The Kier molecular flexibility index (Phi) is 3.79. The summed E-state index contributed by atoms with van der Waals surface area (Å²) in [6.45, 7) is 3.50. The molecule has 0 spiro atoms. The third-order valence-corrected chi connectivity index (χ3v) is 4.01. The topological polar surface area (TPSA) is 70.1 Å². The molecule has 1 aromatic rings. The lowest BCUT2D eigenvalue weighted by atomic mass is 10.1. The molecule has 1 N–H and O–H groups in total. The molecule has 1 amide bonds. The Bertz CT molecular complexity index is 567. The van der Waals surface area contributed by atoms with Crippen molar-refractivity contribution in [1.82, 2.24) is 4.90 Å². The molecule has 0 radical (unpaired) electrons. The van der Waals surface area contributed by atoms with Gasteiger partial charge in [-0.25, -0.2) is 4.79 Å². The number of carboxylic acid groups (broad SMARTS) is 1. The first-order valence-electron chi connectivity index (χ1n) is 7.12. The average Bonchev–Trinajstić information content (AvgIpc) is 2.90. The molecule has 0 aliphatic carbocycles. The fraction of sp³-hybridized carbons (Fsp3) is 0.467. The summed E-state index contributed by atoms with van der Waals surface area (Å²) in [5.41, 5.74) is 2.24. The van der Waals surface area contributed by atoms with E-state index in [-0.39, 0.29) is 11.5 Å². The van der Waals surface area contributed by atoms with Crippen LogP contribution in [0.3, 0.4) is 0 Å². The van der Waals surface area contributed by atoms with Crippen LogP contribution in [0.4, 0.5) is 5.69 Å². The maximum Gasteiger partial charge on any atom is 0.335 e. The van der Waals surface area contributed by atoms with Gasteiger partial charge in [-0.2, -0.15) is 0 Å². The number of carbonyl (C=O) groups is 2. The largest absolute Gasteiger partial charge is 0.478 e. The van der Waals surface area contributed by atoms with E-state index in [1.54, 1.807) is 12.1 Å². The number of morpholine rings is 1. The van der Waals surface area contributed by atoms with Crippen LogP contribution in [0.2, 0.25) is 0 Å². The fourth-order valence-corrected chi connectivity index (χ4v) is 2.82. The van der Waals surface area contributed by atoms with E-state index in [1.807, 2.05) is 15.9 Å². The first-order chi connectivity index (χ1) is 10.1. The SMILES string of the molecule is O=C(O)c1ccc2c(c1)N(CC(=O)N1CCOCC1)CC2. The van der Waals surface area contributed by atoms with Gasteiger partial charge >= 0.3 is 5.97 Å². The van der Waals surface area contributed by atoms with Crippen molar-refractivity contribution in [1.29, 1.82) is 0 Å². The van der Waals surface area contributed by atoms with Crippen molar-refractivity contribution in [2.45, 2.75) is 6.42 Å². The molecule has 1 saturated heterocycles. The second kappa shape index (κ2) is 5.73. The first-order valence-corrected chi connectivity index (χ1v) is 7.12. The summed E-state index contributed by atoms with van der Waals surface area (Å²) in [5.74, 6) is -0.865. The van der Waals surface area contributed by atoms with Crippen molar-refractivity contribution < 1.29 is 19.4 Å². The van der Waals surface area contributed by atoms with Crippen LogP contribution < -0.4 is 4.90 Å². The number of anilines is 1. The maximum absolute atomic E-state index is 12.3. The lowest BCUT2D eigenvalue weighted by molar-refractivity contribution is -0.133. The Labute approximate surface area is 122 Å². The molecule has 3 rings (SSSR count). The molecule has 0 bridgehead atoms. The molecule has 1 aromatic carbocycles. The molecule has 0 aromatic heterocycles. The number of nitrogens with zero attached hydrogens (tertiary/aromatic N) is 2. The molecule has 0 unspecified atom stereocenters. The maximum atomic E-state index is 12.3. The van der Waals surface area contributed by atoms with Gasteiger partial charge in [0, 0.05) is 25.3 Å². The number of benzene rings is 1. The van der Waals surface area contributed by atoms with E-state index in [2.05, 4.69) is 0 Å². The van der Waals surface area contributed by atoms with Crippen molar-refractivity contribution in [3.8, 4) is 0 Å². The summed E-state index contributed by atoms with van der Waals surface area (Å²) in [4.78, 5) is 27.1. The lowest BCUT2D eigenvalue weighted by Crippen LogP contribution is -2.45. The normalized spacial score (nSPS) is 17.7. The number of carbonyl (C=O) groups excluding carboxylic acids is 1. The average molecular weight is 290 g/mol. The van der Waals surface area contributed by atoms with Crippen molar-refractivity contribution in [3.63, 3.8) is 0 Å². The van der Waals surface area contributed by atoms with Crippen LogP contribution in [0.1, 0.15) is 15.9 Å². The number of ether oxygens (including phenoxy) is 1. The van der Waals surface area contributed by atoms with E-state index in [0.29, 0.717) is 32.8 Å². The number of amides is 1. The zero-order valence-electron chi connectivity index (χ0n) is 11.7. The number of rotatable bonds is 3. The summed E-state index contributed by atoms with van der Waals surface area (Å²) < 4.78 is 5.25. The second-order valence-electron chi connectivity index (χ2n) is 5.31. The summed E-state index contributed by atoms with van der Waals surface area (Å²) in [7, 11) is 0. The van der Waals surface area contributed by atoms with Crippen LogP contribution in [0.5, 0.6) is 0 Å². The van der Waals surface area contributed by atoms with Crippen molar-refractivity contribution >= 4 is 17.6 Å². The standard InChI is InChI=1S/C15H18N2O4/c18-14(16-5-7-21-8-6-16)10-17-4-3-11-1-2-12(15(19)20)9-13(11)17/h1-2,9H,3-8,10H2,(H,19,20). The summed E-state index contributed by atoms with van der Waals surface area (Å²) >= 11 is 0. The summed E-state index contributed by atoms with van der Waals surface area (Å²) in [6, 6.07) is 5.13. The van der Waals surface area contributed by atoms with Gasteiger partial charge in [0.25, 0.3) is 0 Å². The highest BCUT2D eigenvalue weighted by molar-refractivity contribution is 5.90. The van der Waals surface area contributed by atoms with Crippen LogP contribution in [0.15, 0.2) is 18.2 Å². The Hall–Kier alpha value is -2.08. The van der Waals surface area contributed by atoms with E-state index >= 15 is 0 Å². The van der Waals surface area contributed by atoms with E-state index < -0.39 is 5.97 Å². The number of hydrogen-bond acceptors (Lipinski definition) is 4. The molecule has 1 fully saturated rings. The van der Waals surface area contributed by atoms with Crippen molar-refractivity contribution in [2.24, 2.45) is 0 Å². The van der Waals surface area contributed by atoms with E-state index in [9.17, 15) is 9.59 Å². The molecule has 6 nitrogen and oxygen atoms in total. The number of hydrogen-bond donors (Lipinski definition) is 1. The van der Waals surface area contributed by atoms with Gasteiger partial charge in [-0.05, 0) is 24.1 Å². The predicted octanol–water partition coefficient (Wildman–Crippen LogP) is 0.606. The van der Waals surface area contributed by atoms with Gasteiger partial charge in [0.2, 0.25) is 5.91 Å². The third kappa shape index (κ3) is 2.85. The van der Waals surface area contributed by atoms with Gasteiger partial charge in [0.15, 0.2) is 0 Å². The Balaban J connectivity index is 1.72. The number of aromatic carboxylic acids is 1. The number of carboxylic acids is 1. The molecule has 0 saturated carbocycles. The minimum absolute atomic E-state index is 0.0758. The Morgan fingerprint density at radius 3 is 2.67 bits per heavy atom. The lowest BCUT2D eigenvalue weighted by Gasteiger charge is -2.29. The van der Waals surface area contributed by atoms with Gasteiger partial charge in [0.05, 0.1) is 25.3 Å². The van der Waals surface area contributed by atoms with Crippen molar-refractivity contribution in [3.05, 3.63) is 29.3 Å². The van der Waals surface area contributed by atoms with Crippen LogP contribution in [-0.2, 0) is 16.0 Å². The molecular formula is C15H18N2O4. The van der Waals surface area contributed by atoms with Gasteiger partial charge in [0.1, 0.15) is 0 Å². The van der Waals surface area contributed by atoms with Crippen LogP contribution in [-0.4, -0.2) is 61.3 Å². The molecule has 2 aliphatic rings. The highest BCUT2D eigenvalue weighted by Crippen LogP contribution is 2.29. The quantitative estimate of drug-likeness (QED) is 0.883. The first kappa shape index (κ1) is 13.9. The zero-order chi connectivity index (χ0) is 14.8.